The Labute approximate surface area is 299 Å². The van der Waals surface area contributed by atoms with Gasteiger partial charge in [-0.1, -0.05) is 45.0 Å². The summed E-state index contributed by atoms with van der Waals surface area (Å²) < 4.78 is 49.6. The molecule has 4 aromatic rings. The van der Waals surface area contributed by atoms with Crippen LogP contribution in [0.2, 0.25) is 0 Å². The molecule has 1 aliphatic heterocycles. The van der Waals surface area contributed by atoms with Crippen molar-refractivity contribution in [3.05, 3.63) is 48.3 Å². The molecule has 2 aliphatic rings. The molecule has 280 valence electrons. The number of anilines is 1. The number of hydrogen-bond donors (Lipinski definition) is 4. The molecule has 1 saturated heterocycles. The molecule has 2 aromatic heterocycles. The van der Waals surface area contributed by atoms with Gasteiger partial charge in [0.15, 0.2) is 23.0 Å². The number of carbonyl (C=O) groups excluding carboxylic acids is 2. The molecule has 52 heavy (non-hydrogen) atoms. The van der Waals surface area contributed by atoms with Crippen molar-refractivity contribution in [1.29, 1.82) is 0 Å². The molecule has 0 spiro atoms. The van der Waals surface area contributed by atoms with Crippen LogP contribution >= 0.6 is 7.75 Å². The molecule has 3 heterocycles. The summed E-state index contributed by atoms with van der Waals surface area (Å²) in [4.78, 5) is 37.5. The number of nitrogens with two attached hydrogens (primary N) is 1. The van der Waals surface area contributed by atoms with Crippen molar-refractivity contribution < 1.29 is 52.4 Å². The molecule has 0 amide bonds. The summed E-state index contributed by atoms with van der Waals surface area (Å²) in [5.74, 6) is -1.49. The van der Waals surface area contributed by atoms with E-state index in [2.05, 4.69) is 20.0 Å². The molecule has 8 unspecified atom stereocenters. The summed E-state index contributed by atoms with van der Waals surface area (Å²) in [6.45, 7) is 10.3. The highest BCUT2D eigenvalue weighted by Gasteiger charge is 2.84. The number of ether oxygens (including phenoxy) is 4. The standard InChI is InChI=1S/C34H43N6O11P/c1-17(28(41)47-8)19-9-10-21-14-22(12-11-20(21)13-19)50-52(45,39-18(2)29(42)48-15-32(3,4)5)51-25-24-34(25,44)33(6,43)30(49-24)40-16-36-23-26(40)37-31(35)38-27(23)46-7/h9-14,16-18,24-25,30,43-44H,15H2,1-8H3,(H,39,45)(H2,35,37,38). The summed E-state index contributed by atoms with van der Waals surface area (Å²) in [5, 5.41) is 27.7. The maximum Gasteiger partial charge on any atom is 0.459 e. The monoisotopic (exact) mass is 742 g/mol. The number of nitrogens with zero attached hydrogens (tertiary/aromatic N) is 4. The van der Waals surface area contributed by atoms with Gasteiger partial charge in [0.05, 0.1) is 33.1 Å². The zero-order chi connectivity index (χ0) is 38.0. The molecular formula is C34H43N6O11P. The average Bonchev–Trinajstić information content (AvgIpc) is 3.32. The average molecular weight is 743 g/mol. The molecule has 1 aliphatic carbocycles. The van der Waals surface area contributed by atoms with Gasteiger partial charge >= 0.3 is 19.7 Å². The molecule has 17 nitrogen and oxygen atoms in total. The molecule has 5 N–H and O–H groups in total. The van der Waals surface area contributed by atoms with Crippen LogP contribution in [0.1, 0.15) is 59.3 Å². The number of rotatable bonds is 12. The maximum absolute atomic E-state index is 14.6. The van der Waals surface area contributed by atoms with E-state index >= 15 is 0 Å². The first-order chi connectivity index (χ1) is 24.3. The number of hydrogen-bond acceptors (Lipinski definition) is 15. The van der Waals surface area contributed by atoms with Gasteiger partial charge in [0, 0.05) is 0 Å². The normalized spacial score (nSPS) is 26.3. The number of methoxy groups -OCH3 is 2. The van der Waals surface area contributed by atoms with Crippen molar-refractivity contribution in [3.63, 3.8) is 0 Å². The molecule has 2 fully saturated rings. The number of aromatic nitrogens is 4. The zero-order valence-electron chi connectivity index (χ0n) is 30.0. The lowest BCUT2D eigenvalue weighted by Gasteiger charge is -2.33. The summed E-state index contributed by atoms with van der Waals surface area (Å²) >= 11 is 0. The molecule has 2 aromatic carbocycles. The van der Waals surface area contributed by atoms with E-state index in [1.54, 1.807) is 37.3 Å². The minimum Gasteiger partial charge on any atom is -0.479 e. The summed E-state index contributed by atoms with van der Waals surface area (Å²) in [6, 6.07) is 9.06. The predicted molar refractivity (Wildman–Crippen MR) is 186 cm³/mol. The molecule has 0 radical (unpaired) electrons. The summed E-state index contributed by atoms with van der Waals surface area (Å²) in [5.41, 5.74) is 2.54. The number of benzene rings is 2. The quantitative estimate of drug-likeness (QED) is 0.120. The van der Waals surface area contributed by atoms with Crippen LogP contribution in [-0.2, 0) is 32.9 Å². The van der Waals surface area contributed by atoms with Gasteiger partial charge in [-0.05, 0) is 54.7 Å². The Bertz CT molecular complexity index is 2080. The second-order valence-electron chi connectivity index (χ2n) is 14.4. The van der Waals surface area contributed by atoms with Crippen molar-refractivity contribution in [2.45, 2.75) is 83.1 Å². The van der Waals surface area contributed by atoms with E-state index in [0.717, 1.165) is 10.9 Å². The molecule has 0 bridgehead atoms. The Balaban J connectivity index is 1.27. The van der Waals surface area contributed by atoms with Crippen molar-refractivity contribution in [1.82, 2.24) is 24.6 Å². The van der Waals surface area contributed by atoms with Crippen LogP contribution in [0.5, 0.6) is 11.6 Å². The van der Waals surface area contributed by atoms with Crippen LogP contribution in [0.25, 0.3) is 21.9 Å². The molecule has 6 rings (SSSR count). The number of nitrogens with one attached hydrogen (secondary N) is 1. The fourth-order valence-corrected chi connectivity index (χ4v) is 7.88. The van der Waals surface area contributed by atoms with Crippen LogP contribution in [-0.4, -0.2) is 91.9 Å². The van der Waals surface area contributed by atoms with E-state index in [-0.39, 0.29) is 46.7 Å². The number of fused-ring (bicyclic) bond motifs is 3. The van der Waals surface area contributed by atoms with Crippen LogP contribution in [0.15, 0.2) is 42.7 Å². The fourth-order valence-electron chi connectivity index (χ4n) is 6.18. The van der Waals surface area contributed by atoms with Gasteiger partial charge in [-0.3, -0.25) is 18.7 Å². The largest absolute Gasteiger partial charge is 0.479 e. The van der Waals surface area contributed by atoms with E-state index in [1.807, 2.05) is 26.8 Å². The van der Waals surface area contributed by atoms with E-state index in [0.29, 0.717) is 5.39 Å². The SMILES string of the molecule is COC(=O)C(C)c1ccc2cc(OP(=O)(NC(C)C(=O)OCC(C)(C)C)OC3C4OC(n5cnc6c(OC)nc(N)nc65)C(C)(O)C43O)ccc2c1. The Kier molecular flexibility index (Phi) is 9.51. The van der Waals surface area contributed by atoms with Crippen molar-refractivity contribution >= 4 is 47.6 Å². The lowest BCUT2D eigenvalue weighted by Crippen LogP contribution is -2.49. The third kappa shape index (κ3) is 6.68. The van der Waals surface area contributed by atoms with Gasteiger partial charge in [-0.15, -0.1) is 0 Å². The predicted octanol–water partition coefficient (Wildman–Crippen LogP) is 3.38. The van der Waals surface area contributed by atoms with Gasteiger partial charge < -0.3 is 39.4 Å². The summed E-state index contributed by atoms with van der Waals surface area (Å²) in [7, 11) is -1.84. The lowest BCUT2D eigenvalue weighted by molar-refractivity contribution is -0.155. The third-order valence-corrected chi connectivity index (χ3v) is 10.8. The highest BCUT2D eigenvalue weighted by atomic mass is 31.2. The minimum atomic E-state index is -4.55. The zero-order valence-corrected chi connectivity index (χ0v) is 30.9. The Hall–Kier alpha value is -4.38. The minimum absolute atomic E-state index is 0.0963. The maximum atomic E-state index is 14.6. The smallest absolute Gasteiger partial charge is 0.459 e. The second-order valence-corrected chi connectivity index (χ2v) is 16.1. The number of esters is 2. The van der Waals surface area contributed by atoms with Crippen molar-refractivity contribution in [2.75, 3.05) is 26.6 Å². The van der Waals surface area contributed by atoms with Gasteiger partial charge in [-0.2, -0.15) is 15.1 Å². The second kappa shape index (κ2) is 13.2. The van der Waals surface area contributed by atoms with E-state index in [9.17, 15) is 24.4 Å². The van der Waals surface area contributed by atoms with E-state index in [1.165, 1.54) is 39.0 Å². The van der Waals surface area contributed by atoms with Gasteiger partial charge in [-0.25, -0.2) is 9.55 Å². The lowest BCUT2D eigenvalue weighted by atomic mass is 9.95. The highest BCUT2D eigenvalue weighted by molar-refractivity contribution is 7.52. The Morgan fingerprint density at radius 2 is 1.79 bits per heavy atom. The molecule has 18 heteroatoms. The molecular weight excluding hydrogens is 699 g/mol. The van der Waals surface area contributed by atoms with Crippen LogP contribution in [0.3, 0.4) is 0 Å². The number of imidazole rings is 1. The number of nitrogen functional groups attached to an aromatic ring is 1. The van der Waals surface area contributed by atoms with Gasteiger partial charge in [0.1, 0.15) is 29.6 Å². The van der Waals surface area contributed by atoms with Crippen LogP contribution in [0.4, 0.5) is 5.95 Å². The third-order valence-electron chi connectivity index (χ3n) is 9.17. The molecule has 1 saturated carbocycles. The van der Waals surface area contributed by atoms with Crippen molar-refractivity contribution in [3.8, 4) is 11.6 Å². The van der Waals surface area contributed by atoms with Crippen LogP contribution < -0.4 is 20.1 Å². The molecule has 8 atom stereocenters. The van der Waals surface area contributed by atoms with E-state index in [4.69, 9.17) is 33.7 Å². The van der Waals surface area contributed by atoms with Crippen molar-refractivity contribution in [2.24, 2.45) is 5.41 Å². The number of aliphatic hydroxyl groups is 2. The van der Waals surface area contributed by atoms with E-state index < -0.39 is 55.3 Å². The Morgan fingerprint density at radius 3 is 2.42 bits per heavy atom. The highest BCUT2D eigenvalue weighted by Crippen LogP contribution is 2.65. The topological polar surface area (TPSA) is 229 Å². The van der Waals surface area contributed by atoms with Gasteiger partial charge in [0.25, 0.3) is 0 Å². The first kappa shape index (κ1) is 37.4. The number of carbonyl (C=O) groups is 2. The van der Waals surface area contributed by atoms with Gasteiger partial charge in [0.2, 0.25) is 11.8 Å². The fraction of sp³-hybridized carbons (Fsp3) is 0.500. The first-order valence-electron chi connectivity index (χ1n) is 16.5. The van der Waals surface area contributed by atoms with Crippen LogP contribution in [0, 0.1) is 5.41 Å². The first-order valence-corrected chi connectivity index (χ1v) is 18.0. The Morgan fingerprint density at radius 1 is 1.10 bits per heavy atom. The summed E-state index contributed by atoms with van der Waals surface area (Å²) in [6.07, 6.45) is -2.47.